The van der Waals surface area contributed by atoms with Gasteiger partial charge in [0.25, 0.3) is 0 Å². The Morgan fingerprint density at radius 2 is 2.18 bits per heavy atom. The van der Waals surface area contributed by atoms with E-state index in [0.717, 1.165) is 5.56 Å². The summed E-state index contributed by atoms with van der Waals surface area (Å²) in [6, 6.07) is 9.72. The normalized spacial score (nSPS) is 18.0. The van der Waals surface area contributed by atoms with E-state index in [-0.39, 0.29) is 6.10 Å². The minimum atomic E-state index is -0.396. The van der Waals surface area contributed by atoms with E-state index in [0.29, 0.717) is 18.8 Å². The predicted octanol–water partition coefficient (Wildman–Crippen LogP) is 2.20. The Kier molecular flexibility index (Phi) is 3.73. The highest BCUT2D eigenvalue weighted by Gasteiger charge is 2.24. The summed E-state index contributed by atoms with van der Waals surface area (Å²) in [6.45, 7) is 4.66. The monoisotopic (exact) mass is 230 g/mol. The van der Waals surface area contributed by atoms with Gasteiger partial charge in [-0.15, -0.1) is 0 Å². The van der Waals surface area contributed by atoms with Gasteiger partial charge >= 0.3 is 5.97 Å². The first-order valence-electron chi connectivity index (χ1n) is 5.46. The molecule has 2 rings (SSSR count). The van der Waals surface area contributed by atoms with Crippen LogP contribution in [0, 0.1) is 0 Å². The summed E-state index contributed by atoms with van der Waals surface area (Å²) in [5.74, 6) is -0.396. The Balaban J connectivity index is 1.82. The molecule has 0 aliphatic carbocycles. The molecule has 0 radical (unpaired) electrons. The molecule has 0 spiro atoms. The molecule has 0 aromatic heterocycles. The summed E-state index contributed by atoms with van der Waals surface area (Å²) < 4.78 is 9.94. The van der Waals surface area contributed by atoms with Gasteiger partial charge in [0.15, 0.2) is 0 Å². The van der Waals surface area contributed by atoms with E-state index in [4.69, 9.17) is 9.47 Å². The molecule has 1 aliphatic heterocycles. The molecule has 3 heteroatoms. The van der Waals surface area contributed by atoms with Crippen LogP contribution in [0.15, 0.2) is 48.6 Å². The molecule has 1 aliphatic rings. The van der Waals surface area contributed by atoms with Gasteiger partial charge in [0.2, 0.25) is 0 Å². The number of rotatable bonds is 5. The number of epoxide rings is 1. The molecule has 1 saturated heterocycles. The highest BCUT2D eigenvalue weighted by atomic mass is 16.6. The van der Waals surface area contributed by atoms with E-state index in [1.807, 2.05) is 36.4 Å². The summed E-state index contributed by atoms with van der Waals surface area (Å²) in [5, 5.41) is 0. The molecular formula is C14H14O3. The van der Waals surface area contributed by atoms with Crippen molar-refractivity contribution < 1.29 is 14.3 Å². The molecule has 0 amide bonds. The molecule has 1 aromatic rings. The second-order valence-electron chi connectivity index (χ2n) is 3.82. The van der Waals surface area contributed by atoms with Crippen LogP contribution in [0.2, 0.25) is 0 Å². The van der Waals surface area contributed by atoms with E-state index in [1.165, 1.54) is 0 Å². The van der Waals surface area contributed by atoms with Crippen LogP contribution in [0.25, 0.3) is 6.08 Å². The van der Waals surface area contributed by atoms with Crippen molar-refractivity contribution in [2.75, 3.05) is 13.2 Å². The topological polar surface area (TPSA) is 38.8 Å². The van der Waals surface area contributed by atoms with E-state index in [2.05, 4.69) is 6.58 Å². The summed E-state index contributed by atoms with van der Waals surface area (Å²) in [6.07, 6.45) is 3.58. The standard InChI is InChI=1S/C14H14O3/c1-11(14(15)17-10-13-9-16-13)7-8-12-5-3-2-4-6-12/h2-8,13H,1,9-10H2. The van der Waals surface area contributed by atoms with Crippen molar-refractivity contribution in [3.8, 4) is 0 Å². The Labute approximate surface area is 100 Å². The van der Waals surface area contributed by atoms with Gasteiger partial charge in [0.1, 0.15) is 12.7 Å². The van der Waals surface area contributed by atoms with Gasteiger partial charge in [-0.1, -0.05) is 43.0 Å². The SMILES string of the molecule is C=C(C=Cc1ccccc1)C(=O)OCC1CO1. The number of hydrogen-bond acceptors (Lipinski definition) is 3. The lowest BCUT2D eigenvalue weighted by molar-refractivity contribution is -0.139. The summed E-state index contributed by atoms with van der Waals surface area (Å²) >= 11 is 0. The first-order valence-corrected chi connectivity index (χ1v) is 5.46. The number of carbonyl (C=O) groups excluding carboxylic acids is 1. The van der Waals surface area contributed by atoms with Crippen molar-refractivity contribution in [1.82, 2.24) is 0 Å². The zero-order valence-electron chi connectivity index (χ0n) is 9.46. The third-order valence-corrected chi connectivity index (χ3v) is 2.34. The van der Waals surface area contributed by atoms with Gasteiger partial charge in [-0.2, -0.15) is 0 Å². The summed E-state index contributed by atoms with van der Waals surface area (Å²) in [5.41, 5.74) is 1.36. The highest BCUT2D eigenvalue weighted by molar-refractivity contribution is 5.92. The van der Waals surface area contributed by atoms with Crippen LogP contribution in [0.5, 0.6) is 0 Å². The Bertz CT molecular complexity index is 430. The summed E-state index contributed by atoms with van der Waals surface area (Å²) in [4.78, 5) is 11.5. The average Bonchev–Trinajstić information content (AvgIpc) is 3.18. The zero-order chi connectivity index (χ0) is 12.1. The average molecular weight is 230 g/mol. The first-order chi connectivity index (χ1) is 8.25. The Hall–Kier alpha value is -1.87. The molecule has 1 atom stereocenters. The van der Waals surface area contributed by atoms with Gasteiger partial charge < -0.3 is 9.47 Å². The van der Waals surface area contributed by atoms with Crippen molar-refractivity contribution in [3.63, 3.8) is 0 Å². The first kappa shape index (κ1) is 11.6. The number of hydrogen-bond donors (Lipinski definition) is 0. The van der Waals surface area contributed by atoms with Crippen LogP contribution in [-0.2, 0) is 14.3 Å². The number of carbonyl (C=O) groups is 1. The minimum absolute atomic E-state index is 0.0878. The molecule has 0 saturated carbocycles. The third kappa shape index (κ3) is 3.89. The zero-order valence-corrected chi connectivity index (χ0v) is 9.46. The van der Waals surface area contributed by atoms with Crippen LogP contribution in [0.3, 0.4) is 0 Å². The van der Waals surface area contributed by atoms with Gasteiger partial charge in [-0.05, 0) is 11.6 Å². The van der Waals surface area contributed by atoms with Gasteiger partial charge in [0.05, 0.1) is 12.2 Å². The van der Waals surface area contributed by atoms with Crippen molar-refractivity contribution in [2.45, 2.75) is 6.10 Å². The van der Waals surface area contributed by atoms with Gasteiger partial charge in [0, 0.05) is 0 Å². The molecule has 1 fully saturated rings. The smallest absolute Gasteiger partial charge is 0.337 e. The highest BCUT2D eigenvalue weighted by Crippen LogP contribution is 2.10. The largest absolute Gasteiger partial charge is 0.459 e. The molecular weight excluding hydrogens is 216 g/mol. The fourth-order valence-electron chi connectivity index (χ4n) is 1.25. The molecule has 88 valence electrons. The Morgan fingerprint density at radius 3 is 2.82 bits per heavy atom. The lowest BCUT2D eigenvalue weighted by Gasteiger charge is -2.01. The van der Waals surface area contributed by atoms with Crippen molar-refractivity contribution in [2.24, 2.45) is 0 Å². The van der Waals surface area contributed by atoms with Crippen molar-refractivity contribution >= 4 is 12.0 Å². The van der Waals surface area contributed by atoms with Crippen LogP contribution in [-0.4, -0.2) is 25.3 Å². The lowest BCUT2D eigenvalue weighted by Crippen LogP contribution is -2.10. The second-order valence-corrected chi connectivity index (χ2v) is 3.82. The molecule has 0 bridgehead atoms. The maximum absolute atomic E-state index is 11.5. The van der Waals surface area contributed by atoms with Crippen LogP contribution >= 0.6 is 0 Å². The van der Waals surface area contributed by atoms with Crippen LogP contribution in [0.4, 0.5) is 0 Å². The van der Waals surface area contributed by atoms with Gasteiger partial charge in [-0.3, -0.25) is 0 Å². The van der Waals surface area contributed by atoms with Crippen molar-refractivity contribution in [3.05, 3.63) is 54.1 Å². The predicted molar refractivity (Wildman–Crippen MR) is 65.3 cm³/mol. The maximum atomic E-state index is 11.5. The van der Waals surface area contributed by atoms with E-state index < -0.39 is 5.97 Å². The second kappa shape index (κ2) is 5.46. The number of benzene rings is 1. The van der Waals surface area contributed by atoms with E-state index in [9.17, 15) is 4.79 Å². The molecule has 3 nitrogen and oxygen atoms in total. The lowest BCUT2D eigenvalue weighted by atomic mass is 10.2. The van der Waals surface area contributed by atoms with Crippen molar-refractivity contribution in [1.29, 1.82) is 0 Å². The molecule has 1 heterocycles. The number of esters is 1. The molecule has 17 heavy (non-hydrogen) atoms. The quantitative estimate of drug-likeness (QED) is 0.337. The summed E-state index contributed by atoms with van der Waals surface area (Å²) in [7, 11) is 0. The fraction of sp³-hybridized carbons (Fsp3) is 0.214. The van der Waals surface area contributed by atoms with E-state index in [1.54, 1.807) is 6.08 Å². The number of ether oxygens (including phenoxy) is 2. The Morgan fingerprint density at radius 1 is 1.47 bits per heavy atom. The minimum Gasteiger partial charge on any atom is -0.459 e. The van der Waals surface area contributed by atoms with Crippen LogP contribution < -0.4 is 0 Å². The van der Waals surface area contributed by atoms with Crippen LogP contribution in [0.1, 0.15) is 5.56 Å². The maximum Gasteiger partial charge on any atom is 0.337 e. The third-order valence-electron chi connectivity index (χ3n) is 2.34. The fourth-order valence-corrected chi connectivity index (χ4v) is 1.25. The molecule has 0 N–H and O–H groups in total. The van der Waals surface area contributed by atoms with Gasteiger partial charge in [-0.25, -0.2) is 4.79 Å². The molecule has 1 unspecified atom stereocenters. The molecule has 1 aromatic carbocycles. The van der Waals surface area contributed by atoms with E-state index >= 15 is 0 Å².